The first-order chi connectivity index (χ1) is 13.8. The lowest BCUT2D eigenvalue weighted by atomic mass is 9.88. The van der Waals surface area contributed by atoms with Crippen molar-refractivity contribution in [2.45, 2.75) is 18.8 Å². The Bertz CT molecular complexity index is 976. The molecule has 142 valence electrons. The zero-order valence-corrected chi connectivity index (χ0v) is 16.1. The van der Waals surface area contributed by atoms with Gasteiger partial charge in [0.25, 0.3) is 0 Å². The minimum Gasteiger partial charge on any atom is -0.397 e. The van der Waals surface area contributed by atoms with Crippen LogP contribution in [0.25, 0.3) is 16.6 Å². The molecule has 3 aromatic rings. The van der Waals surface area contributed by atoms with Crippen LogP contribution in [0.3, 0.4) is 0 Å². The SMILES string of the molecule is NC1=CN2CCCC(C2)c2ccccc21.c1cccc2ccccc2[nH]cc1. The zero-order valence-electron chi connectivity index (χ0n) is 16.1. The standard InChI is InChI=1S/C13H16N2.C12H11N/c14-13-9-15-7-3-4-10(8-15)11-5-1-2-6-12(11)13;1-2-6-10-13-12-9-5-4-8-11(12)7-3-1/h1-2,5-6,9-10H,3-4,7-8,14H2;1-10,13H. The molecule has 0 aliphatic carbocycles. The quantitative estimate of drug-likeness (QED) is 0.555. The second-order valence-electron chi connectivity index (χ2n) is 7.34. The fourth-order valence-electron chi connectivity index (χ4n) is 4.01. The zero-order chi connectivity index (χ0) is 19.2. The Morgan fingerprint density at radius 3 is 2.54 bits per heavy atom. The first-order valence-electron chi connectivity index (χ1n) is 9.97. The second kappa shape index (κ2) is 8.66. The Kier molecular flexibility index (Phi) is 5.62. The van der Waals surface area contributed by atoms with E-state index in [0.29, 0.717) is 5.92 Å². The number of nitrogens with two attached hydrogens (primary N) is 1. The molecule has 3 nitrogen and oxygen atoms in total. The third-order valence-corrected chi connectivity index (χ3v) is 5.39. The van der Waals surface area contributed by atoms with Gasteiger partial charge in [-0.25, -0.2) is 0 Å². The van der Waals surface area contributed by atoms with Gasteiger partial charge in [-0.1, -0.05) is 66.7 Å². The summed E-state index contributed by atoms with van der Waals surface area (Å²) in [6.07, 6.45) is 6.64. The molecule has 2 bridgehead atoms. The molecule has 1 aromatic heterocycles. The highest BCUT2D eigenvalue weighted by molar-refractivity contribution is 5.77. The van der Waals surface area contributed by atoms with Crippen LogP contribution < -0.4 is 5.73 Å². The summed E-state index contributed by atoms with van der Waals surface area (Å²) >= 11 is 0. The van der Waals surface area contributed by atoms with Crippen molar-refractivity contribution in [2.24, 2.45) is 5.73 Å². The molecule has 1 unspecified atom stereocenters. The number of rotatable bonds is 0. The first-order valence-corrected chi connectivity index (χ1v) is 9.97. The molecule has 0 amide bonds. The Balaban J connectivity index is 0.000000139. The average Bonchev–Trinajstić information content (AvgIpc) is 2.81. The van der Waals surface area contributed by atoms with E-state index < -0.39 is 0 Å². The van der Waals surface area contributed by atoms with Gasteiger partial charge in [0, 0.05) is 42.5 Å². The molecule has 2 aromatic carbocycles. The van der Waals surface area contributed by atoms with Crippen LogP contribution in [0.15, 0.2) is 91.3 Å². The maximum Gasteiger partial charge on any atom is 0.0552 e. The predicted molar refractivity (Wildman–Crippen MR) is 118 cm³/mol. The van der Waals surface area contributed by atoms with Crippen molar-refractivity contribution >= 4 is 16.6 Å². The van der Waals surface area contributed by atoms with Crippen molar-refractivity contribution in [2.75, 3.05) is 13.1 Å². The summed E-state index contributed by atoms with van der Waals surface area (Å²) in [6.45, 7) is 2.29. The second-order valence-corrected chi connectivity index (χ2v) is 7.34. The van der Waals surface area contributed by atoms with E-state index in [1.54, 1.807) is 0 Å². The van der Waals surface area contributed by atoms with E-state index in [-0.39, 0.29) is 0 Å². The van der Waals surface area contributed by atoms with Crippen LogP contribution in [0.5, 0.6) is 0 Å². The van der Waals surface area contributed by atoms with E-state index in [0.717, 1.165) is 24.3 Å². The molecule has 0 saturated carbocycles. The number of nitrogens with one attached hydrogen (secondary N) is 1. The Morgan fingerprint density at radius 2 is 1.61 bits per heavy atom. The molecular weight excluding hydrogens is 342 g/mol. The largest absolute Gasteiger partial charge is 0.397 e. The molecule has 5 rings (SSSR count). The van der Waals surface area contributed by atoms with Crippen LogP contribution in [0.2, 0.25) is 0 Å². The number of hydrogen-bond acceptors (Lipinski definition) is 2. The summed E-state index contributed by atoms with van der Waals surface area (Å²) in [4.78, 5) is 5.59. The molecule has 3 heterocycles. The third kappa shape index (κ3) is 4.20. The van der Waals surface area contributed by atoms with Crippen LogP contribution in [0.4, 0.5) is 0 Å². The van der Waals surface area contributed by atoms with Gasteiger partial charge >= 0.3 is 0 Å². The lowest BCUT2D eigenvalue weighted by Gasteiger charge is -2.30. The Labute approximate surface area is 166 Å². The summed E-state index contributed by atoms with van der Waals surface area (Å²) in [6, 6.07) is 26.9. The molecule has 1 saturated heterocycles. The molecule has 28 heavy (non-hydrogen) atoms. The van der Waals surface area contributed by atoms with E-state index in [9.17, 15) is 0 Å². The Morgan fingerprint density at radius 1 is 0.857 bits per heavy atom. The maximum absolute atomic E-state index is 6.12. The van der Waals surface area contributed by atoms with E-state index in [2.05, 4.69) is 58.5 Å². The minimum atomic E-state index is 0.673. The normalized spacial score (nSPS) is 17.4. The average molecular weight is 370 g/mol. The number of hydrogen-bond donors (Lipinski definition) is 2. The third-order valence-electron chi connectivity index (χ3n) is 5.39. The number of benzene rings is 2. The van der Waals surface area contributed by atoms with Crippen LogP contribution in [0.1, 0.15) is 29.9 Å². The highest BCUT2D eigenvalue weighted by Crippen LogP contribution is 2.34. The van der Waals surface area contributed by atoms with Crippen molar-refractivity contribution in [3.05, 3.63) is 102 Å². The fourth-order valence-corrected chi connectivity index (χ4v) is 4.01. The summed E-state index contributed by atoms with van der Waals surface area (Å²) < 4.78 is 0. The lowest BCUT2D eigenvalue weighted by molar-refractivity contribution is 0.283. The van der Waals surface area contributed by atoms with Crippen molar-refractivity contribution in [3.63, 3.8) is 0 Å². The maximum atomic E-state index is 6.12. The van der Waals surface area contributed by atoms with Crippen molar-refractivity contribution in [3.8, 4) is 0 Å². The Hall–Kier alpha value is -3.20. The predicted octanol–water partition coefficient (Wildman–Crippen LogP) is 5.43. The monoisotopic (exact) mass is 369 g/mol. The summed E-state index contributed by atoms with van der Waals surface area (Å²) in [5, 5.41) is 1.21. The highest BCUT2D eigenvalue weighted by atomic mass is 15.1. The molecular formula is C25H27N3. The molecule has 1 atom stereocenters. The van der Waals surface area contributed by atoms with E-state index in [1.807, 2.05) is 42.6 Å². The molecule has 3 N–H and O–H groups in total. The van der Waals surface area contributed by atoms with Crippen LogP contribution in [-0.2, 0) is 0 Å². The van der Waals surface area contributed by atoms with E-state index in [4.69, 9.17) is 5.73 Å². The smallest absolute Gasteiger partial charge is 0.0552 e. The number of H-pyrrole nitrogens is 1. The van der Waals surface area contributed by atoms with Gasteiger partial charge < -0.3 is 15.6 Å². The summed E-state index contributed by atoms with van der Waals surface area (Å²) in [5.41, 5.74) is 10.9. The number of nitrogens with zero attached hydrogens (tertiary/aromatic N) is 1. The number of aromatic nitrogens is 1. The molecule has 1 fully saturated rings. The van der Waals surface area contributed by atoms with Gasteiger partial charge in [-0.15, -0.1) is 0 Å². The summed E-state index contributed by atoms with van der Waals surface area (Å²) in [5.74, 6) is 0.673. The van der Waals surface area contributed by atoms with Gasteiger partial charge in [0.1, 0.15) is 0 Å². The molecule has 2 aliphatic heterocycles. The molecule has 2 aliphatic rings. The topological polar surface area (TPSA) is 45.0 Å². The van der Waals surface area contributed by atoms with Gasteiger partial charge in [-0.2, -0.15) is 0 Å². The molecule has 3 heteroatoms. The van der Waals surface area contributed by atoms with Gasteiger partial charge in [0.2, 0.25) is 0 Å². The minimum absolute atomic E-state index is 0.673. The first kappa shape index (κ1) is 18.2. The number of aromatic amines is 1. The van der Waals surface area contributed by atoms with Crippen molar-refractivity contribution < 1.29 is 0 Å². The molecule has 0 spiro atoms. The molecule has 0 radical (unpaired) electrons. The highest BCUT2D eigenvalue weighted by Gasteiger charge is 2.25. The number of para-hydroxylation sites is 1. The fraction of sp³-hybridized carbons (Fsp3) is 0.200. The van der Waals surface area contributed by atoms with Crippen LogP contribution >= 0.6 is 0 Å². The number of piperidine rings is 1. The van der Waals surface area contributed by atoms with Gasteiger partial charge in [0.05, 0.1) is 5.70 Å². The van der Waals surface area contributed by atoms with Crippen molar-refractivity contribution in [1.29, 1.82) is 0 Å². The number of fused-ring (bicyclic) bond motifs is 5. The van der Waals surface area contributed by atoms with Crippen molar-refractivity contribution in [1.82, 2.24) is 9.88 Å². The van der Waals surface area contributed by atoms with E-state index >= 15 is 0 Å². The van der Waals surface area contributed by atoms with Crippen LogP contribution in [0, 0.1) is 0 Å². The lowest BCUT2D eigenvalue weighted by Crippen LogP contribution is -2.29. The summed E-state index contributed by atoms with van der Waals surface area (Å²) in [7, 11) is 0. The van der Waals surface area contributed by atoms with Gasteiger partial charge in [-0.05, 0) is 35.9 Å². The van der Waals surface area contributed by atoms with Gasteiger partial charge in [-0.3, -0.25) is 0 Å². The van der Waals surface area contributed by atoms with Gasteiger partial charge in [0.15, 0.2) is 0 Å². The van der Waals surface area contributed by atoms with Crippen LogP contribution in [-0.4, -0.2) is 23.0 Å². The van der Waals surface area contributed by atoms with E-state index in [1.165, 1.54) is 29.4 Å².